The highest BCUT2D eigenvalue weighted by molar-refractivity contribution is 6.74. The molecular weight excluding hydrogens is 565 g/mol. The summed E-state index contributed by atoms with van der Waals surface area (Å²) in [6.45, 7) is 25.9. The number of carbonyl (C=O) groups excluding carboxylic acids is 1. The van der Waals surface area contributed by atoms with Gasteiger partial charge in [0, 0.05) is 18.8 Å². The van der Waals surface area contributed by atoms with Gasteiger partial charge in [0.25, 0.3) is 0 Å². The Morgan fingerprint density at radius 3 is 2.07 bits per heavy atom. The van der Waals surface area contributed by atoms with Crippen LogP contribution in [-0.2, 0) is 34.5 Å². The largest absolute Gasteiger partial charge is 0.497 e. The van der Waals surface area contributed by atoms with Gasteiger partial charge in [0.1, 0.15) is 18.1 Å². The molecule has 2 heterocycles. The fraction of sp³-hybridized carbons (Fsp3) is 0.788. The molecule has 0 spiro atoms. The second kappa shape index (κ2) is 13.9. The van der Waals surface area contributed by atoms with Gasteiger partial charge < -0.3 is 32.6 Å². The van der Waals surface area contributed by atoms with Crippen molar-refractivity contribution in [2.24, 2.45) is 5.92 Å². The van der Waals surface area contributed by atoms with Crippen molar-refractivity contribution in [1.82, 2.24) is 0 Å². The van der Waals surface area contributed by atoms with Crippen molar-refractivity contribution in [3.63, 3.8) is 0 Å². The van der Waals surface area contributed by atoms with Gasteiger partial charge in [-0.25, -0.2) is 0 Å². The zero-order valence-electron chi connectivity index (χ0n) is 28.3. The highest BCUT2D eigenvalue weighted by Gasteiger charge is 2.53. The van der Waals surface area contributed by atoms with Crippen molar-refractivity contribution >= 4 is 22.9 Å². The molecule has 0 radical (unpaired) electrons. The maximum absolute atomic E-state index is 11.8. The summed E-state index contributed by atoms with van der Waals surface area (Å²) in [6, 6.07) is 7.89. The average molecular weight is 623 g/mol. The van der Waals surface area contributed by atoms with E-state index in [1.165, 1.54) is 0 Å². The molecule has 42 heavy (non-hydrogen) atoms. The van der Waals surface area contributed by atoms with Gasteiger partial charge in [-0.2, -0.15) is 0 Å². The first-order valence-electron chi connectivity index (χ1n) is 15.7. The first kappa shape index (κ1) is 35.4. The Kier molecular flexibility index (Phi) is 11.7. The fourth-order valence-electron chi connectivity index (χ4n) is 5.39. The van der Waals surface area contributed by atoms with Crippen LogP contribution in [-0.4, -0.2) is 73.3 Å². The van der Waals surface area contributed by atoms with E-state index in [1.807, 2.05) is 24.3 Å². The minimum atomic E-state index is -2.10. The Bertz CT molecular complexity index is 999. The third-order valence-corrected chi connectivity index (χ3v) is 19.2. The topological polar surface area (TPSA) is 72.5 Å². The van der Waals surface area contributed by atoms with Crippen molar-refractivity contribution in [3.8, 4) is 5.75 Å². The van der Waals surface area contributed by atoms with Crippen molar-refractivity contribution in [2.75, 3.05) is 13.7 Å². The van der Waals surface area contributed by atoms with Crippen LogP contribution in [0.25, 0.3) is 0 Å². The summed E-state index contributed by atoms with van der Waals surface area (Å²) < 4.78 is 39.3. The van der Waals surface area contributed by atoms with Crippen molar-refractivity contribution in [1.29, 1.82) is 0 Å². The molecule has 2 aliphatic heterocycles. The quantitative estimate of drug-likeness (QED) is 0.176. The van der Waals surface area contributed by atoms with Crippen LogP contribution in [0.5, 0.6) is 5.75 Å². The van der Waals surface area contributed by atoms with Crippen molar-refractivity contribution < 1.29 is 32.6 Å². The molecule has 9 heteroatoms. The maximum Gasteiger partial charge on any atom is 0.192 e. The van der Waals surface area contributed by atoms with Crippen LogP contribution in [0.4, 0.5) is 0 Å². The summed E-state index contributed by atoms with van der Waals surface area (Å²) >= 11 is 0. The second-order valence-corrected chi connectivity index (χ2v) is 24.7. The predicted octanol–water partition coefficient (Wildman–Crippen LogP) is 7.53. The number of carbonyl (C=O) groups is 1. The lowest BCUT2D eigenvalue weighted by Crippen LogP contribution is -2.63. The van der Waals surface area contributed by atoms with E-state index in [1.54, 1.807) is 7.11 Å². The van der Waals surface area contributed by atoms with Crippen LogP contribution in [0.15, 0.2) is 24.3 Å². The molecule has 3 rings (SSSR count). The van der Waals surface area contributed by atoms with Gasteiger partial charge in [-0.05, 0) is 60.4 Å². The summed E-state index contributed by atoms with van der Waals surface area (Å²) in [6.07, 6.45) is 1.57. The van der Waals surface area contributed by atoms with Gasteiger partial charge in [-0.3, -0.25) is 0 Å². The molecule has 1 aromatic carbocycles. The molecule has 1 aromatic rings. The van der Waals surface area contributed by atoms with Gasteiger partial charge in [0.05, 0.1) is 50.8 Å². The zero-order chi connectivity index (χ0) is 31.5. The summed E-state index contributed by atoms with van der Waals surface area (Å²) in [7, 11) is -2.44. The summed E-state index contributed by atoms with van der Waals surface area (Å²) in [5.74, 6) is 0.889. The van der Waals surface area contributed by atoms with E-state index < -0.39 is 16.6 Å². The summed E-state index contributed by atoms with van der Waals surface area (Å²) in [5, 5.41) is 0.164. The Labute approximate surface area is 257 Å². The van der Waals surface area contributed by atoms with Gasteiger partial charge in [0.2, 0.25) is 0 Å². The second-order valence-electron chi connectivity index (χ2n) is 15.2. The van der Waals surface area contributed by atoms with E-state index in [0.29, 0.717) is 19.6 Å². The third kappa shape index (κ3) is 8.34. The van der Waals surface area contributed by atoms with Gasteiger partial charge in [0.15, 0.2) is 16.6 Å². The Hall–Kier alpha value is -1.08. The lowest BCUT2D eigenvalue weighted by atomic mass is 9.79. The van der Waals surface area contributed by atoms with Crippen molar-refractivity contribution in [3.05, 3.63) is 29.8 Å². The lowest BCUT2D eigenvalue weighted by molar-refractivity contribution is -0.276. The van der Waals surface area contributed by atoms with Gasteiger partial charge in [-0.15, -0.1) is 0 Å². The molecule has 7 nitrogen and oxygen atoms in total. The first-order chi connectivity index (χ1) is 19.4. The van der Waals surface area contributed by atoms with E-state index in [2.05, 4.69) is 74.7 Å². The zero-order valence-corrected chi connectivity index (χ0v) is 30.3. The highest BCUT2D eigenvalue weighted by Crippen LogP contribution is 2.44. The van der Waals surface area contributed by atoms with E-state index in [-0.39, 0.29) is 52.6 Å². The number of hydrogen-bond acceptors (Lipinski definition) is 7. The lowest BCUT2D eigenvalue weighted by Gasteiger charge is -2.53. The molecule has 7 atom stereocenters. The minimum Gasteiger partial charge on any atom is -0.497 e. The molecule has 2 aliphatic rings. The molecule has 0 amide bonds. The predicted molar refractivity (Wildman–Crippen MR) is 173 cm³/mol. The van der Waals surface area contributed by atoms with Crippen LogP contribution in [0.1, 0.15) is 73.3 Å². The molecule has 0 aromatic heterocycles. The molecule has 2 fully saturated rings. The molecule has 0 bridgehead atoms. The van der Waals surface area contributed by atoms with E-state index in [0.717, 1.165) is 30.4 Å². The molecule has 240 valence electrons. The Morgan fingerprint density at radius 2 is 1.55 bits per heavy atom. The molecule has 0 unspecified atom stereocenters. The van der Waals surface area contributed by atoms with Crippen molar-refractivity contribution in [2.45, 2.75) is 147 Å². The standard InChI is InChI=1S/C33H58O7Si2/c1-13-25-30(36-21-23-14-16-24(35-8)17-15-23)26(18-19-34)38-28-20-27(40-42(11,12)33(5,6)7)29(39-31(25)28)22-37-41(9,10)32(2,3)4/h14-17,19,25-31H,13,18,20-22H2,1-12H3/t25-,26+,27+,28+,29-,30-,31+/m1/s1. The number of fused-ring (bicyclic) bond motifs is 1. The number of rotatable bonds is 12. The Morgan fingerprint density at radius 1 is 0.929 bits per heavy atom. The summed E-state index contributed by atoms with van der Waals surface area (Å²) in [4.78, 5) is 11.8. The normalized spacial score (nSPS) is 29.2. The average Bonchev–Trinajstić information content (AvgIpc) is 2.89. The van der Waals surface area contributed by atoms with Gasteiger partial charge >= 0.3 is 0 Å². The first-order valence-corrected chi connectivity index (χ1v) is 21.6. The van der Waals surface area contributed by atoms with Gasteiger partial charge in [-0.1, -0.05) is 60.6 Å². The molecular formula is C33H58O7Si2. The van der Waals surface area contributed by atoms with Crippen LogP contribution < -0.4 is 4.74 Å². The smallest absolute Gasteiger partial charge is 0.192 e. The van der Waals surface area contributed by atoms with Crippen LogP contribution in [0.2, 0.25) is 36.3 Å². The van der Waals surface area contributed by atoms with Crippen LogP contribution in [0.3, 0.4) is 0 Å². The van der Waals surface area contributed by atoms with Crippen LogP contribution in [0, 0.1) is 5.92 Å². The van der Waals surface area contributed by atoms with E-state index in [9.17, 15) is 4.79 Å². The molecule has 0 N–H and O–H groups in total. The summed E-state index contributed by atoms with van der Waals surface area (Å²) in [5.41, 5.74) is 1.05. The monoisotopic (exact) mass is 622 g/mol. The third-order valence-electron chi connectivity index (χ3n) is 10.2. The van der Waals surface area contributed by atoms with Crippen LogP contribution >= 0.6 is 0 Å². The number of ether oxygens (including phenoxy) is 4. The molecule has 2 saturated heterocycles. The molecule has 0 aliphatic carbocycles. The number of benzene rings is 1. The van der Waals surface area contributed by atoms with E-state index in [4.69, 9.17) is 27.8 Å². The highest BCUT2D eigenvalue weighted by atomic mass is 28.4. The fourth-order valence-corrected chi connectivity index (χ4v) is 7.77. The number of hydrogen-bond donors (Lipinski definition) is 0. The SMILES string of the molecule is CC[C@@H]1[C@@H](OCc2ccc(OC)cc2)[C@H](CC=O)O[C@H]2C[C@H](O[Si](C)(C)C(C)(C)C)[C@@H](CO[Si](C)(C)C(C)(C)C)O[C@@H]12. The number of aldehydes is 1. The maximum atomic E-state index is 11.8. The van der Waals surface area contributed by atoms with E-state index >= 15 is 0 Å². The minimum absolute atomic E-state index is 0.0640. The molecule has 0 saturated carbocycles. The number of methoxy groups -OCH3 is 1. The Balaban J connectivity index is 1.87.